The highest BCUT2D eigenvalue weighted by Gasteiger charge is 2.49. The molecule has 2 aliphatic heterocycles. The van der Waals surface area contributed by atoms with Crippen LogP contribution in [0.25, 0.3) is 0 Å². The molecule has 0 aromatic heterocycles. The van der Waals surface area contributed by atoms with E-state index in [9.17, 15) is 14.4 Å². The van der Waals surface area contributed by atoms with E-state index in [4.69, 9.17) is 0 Å². The lowest BCUT2D eigenvalue weighted by Gasteiger charge is -2.38. The number of rotatable bonds is 1. The van der Waals surface area contributed by atoms with Crippen molar-refractivity contribution >= 4 is 17.7 Å². The van der Waals surface area contributed by atoms with Crippen molar-refractivity contribution in [2.75, 3.05) is 0 Å². The zero-order chi connectivity index (χ0) is 12.2. The van der Waals surface area contributed by atoms with Crippen molar-refractivity contribution in [2.24, 2.45) is 0 Å². The molecule has 0 radical (unpaired) electrons. The predicted octanol–water partition coefficient (Wildman–Crippen LogP) is 0.169. The van der Waals surface area contributed by atoms with Crippen LogP contribution >= 0.6 is 0 Å². The Kier molecular flexibility index (Phi) is 1.86. The minimum Gasteiger partial charge on any atom is -0.349 e. The normalized spacial score (nSPS) is 26.6. The summed E-state index contributed by atoms with van der Waals surface area (Å²) in [5, 5.41) is 2.62. The lowest BCUT2D eigenvalue weighted by molar-refractivity contribution is -0.134. The van der Waals surface area contributed by atoms with Gasteiger partial charge in [-0.1, -0.05) is 12.1 Å². The van der Waals surface area contributed by atoms with Gasteiger partial charge in [0.1, 0.15) is 6.04 Å². The first-order valence-corrected chi connectivity index (χ1v) is 5.38. The van der Waals surface area contributed by atoms with Crippen molar-refractivity contribution in [1.29, 1.82) is 0 Å². The Labute approximate surface area is 97.4 Å². The van der Waals surface area contributed by atoms with Crippen LogP contribution in [0.15, 0.2) is 24.3 Å². The maximum absolute atomic E-state index is 12.1. The van der Waals surface area contributed by atoms with Gasteiger partial charge in [0.05, 0.1) is 17.2 Å². The molecule has 0 saturated carbocycles. The van der Waals surface area contributed by atoms with Gasteiger partial charge in [-0.05, 0) is 19.1 Å². The zero-order valence-electron chi connectivity index (χ0n) is 9.14. The molecule has 3 amide bonds. The summed E-state index contributed by atoms with van der Waals surface area (Å²) >= 11 is 0. The highest BCUT2D eigenvalue weighted by molar-refractivity contribution is 6.23. The fraction of sp³-hybridized carbons (Fsp3) is 0.250. The van der Waals surface area contributed by atoms with Gasteiger partial charge < -0.3 is 5.32 Å². The third-order valence-corrected chi connectivity index (χ3v) is 3.22. The molecular formula is C12H10N2O3. The second-order valence-corrected chi connectivity index (χ2v) is 4.27. The molecule has 5 heteroatoms. The molecule has 1 aromatic carbocycles. The Morgan fingerprint density at radius 3 is 2.00 bits per heavy atom. The molecule has 0 unspecified atom stereocenters. The molecule has 1 saturated heterocycles. The third-order valence-electron chi connectivity index (χ3n) is 3.22. The van der Waals surface area contributed by atoms with Crippen molar-refractivity contribution in [2.45, 2.75) is 19.0 Å². The number of carbonyl (C=O) groups is 3. The average molecular weight is 230 g/mol. The number of benzene rings is 1. The Morgan fingerprint density at radius 1 is 1.06 bits per heavy atom. The first-order chi connectivity index (χ1) is 8.11. The van der Waals surface area contributed by atoms with Gasteiger partial charge in [0, 0.05) is 0 Å². The summed E-state index contributed by atoms with van der Waals surface area (Å²) in [7, 11) is 0. The monoisotopic (exact) mass is 230 g/mol. The van der Waals surface area contributed by atoms with Crippen molar-refractivity contribution in [3.05, 3.63) is 35.4 Å². The van der Waals surface area contributed by atoms with Crippen LogP contribution in [0.1, 0.15) is 27.6 Å². The van der Waals surface area contributed by atoms with Crippen LogP contribution in [0, 0.1) is 0 Å². The van der Waals surface area contributed by atoms with Gasteiger partial charge in [-0.2, -0.15) is 0 Å². The van der Waals surface area contributed by atoms with Crippen LogP contribution in [0.2, 0.25) is 0 Å². The van der Waals surface area contributed by atoms with Crippen molar-refractivity contribution in [3.8, 4) is 0 Å². The molecule has 1 N–H and O–H groups in total. The largest absolute Gasteiger partial charge is 0.349 e. The van der Waals surface area contributed by atoms with Crippen LogP contribution in [-0.4, -0.2) is 34.7 Å². The van der Waals surface area contributed by atoms with Gasteiger partial charge in [-0.25, -0.2) is 0 Å². The van der Waals surface area contributed by atoms with E-state index >= 15 is 0 Å². The smallest absolute Gasteiger partial charge is 0.262 e. The van der Waals surface area contributed by atoms with Gasteiger partial charge in [-0.3, -0.25) is 19.3 Å². The van der Waals surface area contributed by atoms with E-state index in [2.05, 4.69) is 5.32 Å². The van der Waals surface area contributed by atoms with E-state index in [0.717, 1.165) is 4.90 Å². The molecule has 3 rings (SSSR count). The second-order valence-electron chi connectivity index (χ2n) is 4.27. The van der Waals surface area contributed by atoms with Gasteiger partial charge >= 0.3 is 0 Å². The number of hydrogen-bond acceptors (Lipinski definition) is 3. The number of nitrogens with zero attached hydrogens (tertiary/aromatic N) is 1. The first kappa shape index (κ1) is 10.0. The molecule has 17 heavy (non-hydrogen) atoms. The molecule has 86 valence electrons. The lowest BCUT2D eigenvalue weighted by Crippen LogP contribution is -2.68. The molecule has 1 aromatic rings. The number of carbonyl (C=O) groups excluding carboxylic acids is 3. The summed E-state index contributed by atoms with van der Waals surface area (Å²) < 4.78 is 0. The standard InChI is InChI=1S/C12H10N2O3/c1-6-9(10(15)13-6)14-11(16)7-4-2-3-5-8(7)12(14)17/h2-6,9H,1H3,(H,13,15)/t6-,9-/m0/s1. The molecule has 2 aliphatic rings. The molecule has 1 fully saturated rings. The van der Waals surface area contributed by atoms with Crippen molar-refractivity contribution in [3.63, 3.8) is 0 Å². The number of nitrogens with one attached hydrogen (secondary N) is 1. The summed E-state index contributed by atoms with van der Waals surface area (Å²) in [5.41, 5.74) is 0.758. The van der Waals surface area contributed by atoms with Gasteiger partial charge in [-0.15, -0.1) is 0 Å². The SMILES string of the molecule is C[C@@H]1NC(=O)[C@H]1N1C(=O)c2ccccc2C1=O. The van der Waals surface area contributed by atoms with Gasteiger partial charge in [0.2, 0.25) is 5.91 Å². The molecule has 5 nitrogen and oxygen atoms in total. The summed E-state index contributed by atoms with van der Waals surface area (Å²) in [6.45, 7) is 1.77. The van der Waals surface area contributed by atoms with Crippen LogP contribution in [0.4, 0.5) is 0 Å². The van der Waals surface area contributed by atoms with Crippen LogP contribution in [0.5, 0.6) is 0 Å². The number of β-lactam (4-membered cyclic amide) rings is 1. The van der Waals surface area contributed by atoms with Crippen LogP contribution in [0.3, 0.4) is 0 Å². The van der Waals surface area contributed by atoms with Crippen LogP contribution in [-0.2, 0) is 4.79 Å². The Hall–Kier alpha value is -2.17. The summed E-state index contributed by atoms with van der Waals surface area (Å²) in [6.07, 6.45) is 0. The van der Waals surface area contributed by atoms with Gasteiger partial charge in [0.15, 0.2) is 0 Å². The Balaban J connectivity index is 2.04. The van der Waals surface area contributed by atoms with E-state index in [-0.39, 0.29) is 23.8 Å². The summed E-state index contributed by atoms with van der Waals surface area (Å²) in [6, 6.07) is 5.79. The molecule has 2 atom stereocenters. The van der Waals surface area contributed by atoms with Crippen LogP contribution < -0.4 is 5.32 Å². The fourth-order valence-electron chi connectivity index (χ4n) is 2.32. The fourth-order valence-corrected chi connectivity index (χ4v) is 2.32. The van der Waals surface area contributed by atoms with Gasteiger partial charge in [0.25, 0.3) is 11.8 Å². The first-order valence-electron chi connectivity index (χ1n) is 5.38. The maximum Gasteiger partial charge on any atom is 0.262 e. The second kappa shape index (κ2) is 3.16. The lowest BCUT2D eigenvalue weighted by atomic mass is 9.99. The quantitative estimate of drug-likeness (QED) is 0.552. The topological polar surface area (TPSA) is 66.5 Å². The van der Waals surface area contributed by atoms with Crippen molar-refractivity contribution < 1.29 is 14.4 Å². The average Bonchev–Trinajstić information content (AvgIpc) is 2.55. The molecule has 0 bridgehead atoms. The zero-order valence-corrected chi connectivity index (χ0v) is 9.14. The van der Waals surface area contributed by atoms with Crippen molar-refractivity contribution in [1.82, 2.24) is 10.2 Å². The molecular weight excluding hydrogens is 220 g/mol. The molecule has 2 heterocycles. The van der Waals surface area contributed by atoms with E-state index in [1.54, 1.807) is 31.2 Å². The van der Waals surface area contributed by atoms with E-state index < -0.39 is 6.04 Å². The Bertz CT molecular complexity index is 517. The highest BCUT2D eigenvalue weighted by Crippen LogP contribution is 2.27. The minimum atomic E-state index is -0.664. The third kappa shape index (κ3) is 1.16. The number of fused-ring (bicyclic) bond motifs is 1. The maximum atomic E-state index is 12.1. The van der Waals surface area contributed by atoms with E-state index in [1.165, 1.54) is 0 Å². The summed E-state index contributed by atoms with van der Waals surface area (Å²) in [5.74, 6) is -1.03. The predicted molar refractivity (Wildman–Crippen MR) is 58.3 cm³/mol. The van der Waals surface area contributed by atoms with E-state index in [0.29, 0.717) is 11.1 Å². The molecule has 0 spiro atoms. The summed E-state index contributed by atoms with van der Waals surface area (Å²) in [4.78, 5) is 36.6. The number of hydrogen-bond donors (Lipinski definition) is 1. The molecule has 0 aliphatic carbocycles. The number of imide groups is 1. The Morgan fingerprint density at radius 2 is 1.59 bits per heavy atom. The number of amides is 3. The van der Waals surface area contributed by atoms with E-state index in [1.807, 2.05) is 0 Å². The minimum absolute atomic E-state index is 0.176. The highest BCUT2D eigenvalue weighted by atomic mass is 16.2.